The zero-order valence-corrected chi connectivity index (χ0v) is 12.3. The number of carbonyl (C=O) groups is 1. The number of benzene rings is 2. The minimum atomic E-state index is -0.256. The number of anilines is 1. The standard InChI is InChI=1S/C17H17N3O2/c1-2-12-7-3-5-9-14(12)19-17(21)18-11-15-13-8-4-6-10-16(13)22-20-15/h3-10H,2,11H2,1H3,(H2,18,19,21). The van der Waals surface area contributed by atoms with Gasteiger partial charge < -0.3 is 15.2 Å². The molecule has 0 saturated carbocycles. The second-order valence-electron chi connectivity index (χ2n) is 4.94. The average molecular weight is 295 g/mol. The summed E-state index contributed by atoms with van der Waals surface area (Å²) in [7, 11) is 0. The first-order valence-electron chi connectivity index (χ1n) is 7.24. The first-order valence-corrected chi connectivity index (χ1v) is 7.24. The van der Waals surface area contributed by atoms with E-state index in [9.17, 15) is 4.79 Å². The fourth-order valence-electron chi connectivity index (χ4n) is 2.35. The largest absolute Gasteiger partial charge is 0.356 e. The second kappa shape index (κ2) is 6.30. The lowest BCUT2D eigenvalue weighted by molar-refractivity contribution is 0.251. The van der Waals surface area contributed by atoms with E-state index in [-0.39, 0.29) is 6.03 Å². The van der Waals surface area contributed by atoms with Crippen LogP contribution in [-0.4, -0.2) is 11.2 Å². The predicted octanol–water partition coefficient (Wildman–Crippen LogP) is 3.71. The van der Waals surface area contributed by atoms with Gasteiger partial charge in [0, 0.05) is 11.1 Å². The van der Waals surface area contributed by atoms with Gasteiger partial charge in [-0.05, 0) is 30.2 Å². The minimum absolute atomic E-state index is 0.256. The van der Waals surface area contributed by atoms with Crippen LogP contribution in [0, 0.1) is 0 Å². The summed E-state index contributed by atoms with van der Waals surface area (Å²) >= 11 is 0. The summed E-state index contributed by atoms with van der Waals surface area (Å²) in [6.07, 6.45) is 0.865. The zero-order valence-electron chi connectivity index (χ0n) is 12.3. The Kier molecular flexibility index (Phi) is 4.05. The number of fused-ring (bicyclic) bond motifs is 1. The number of rotatable bonds is 4. The molecule has 0 spiro atoms. The van der Waals surface area contributed by atoms with E-state index in [1.54, 1.807) is 0 Å². The Morgan fingerprint density at radius 1 is 1.14 bits per heavy atom. The first-order chi connectivity index (χ1) is 10.8. The summed E-state index contributed by atoms with van der Waals surface area (Å²) in [6.45, 7) is 2.37. The van der Waals surface area contributed by atoms with Crippen molar-refractivity contribution in [3.63, 3.8) is 0 Å². The summed E-state index contributed by atoms with van der Waals surface area (Å²) in [5, 5.41) is 10.6. The van der Waals surface area contributed by atoms with Gasteiger partial charge in [0.2, 0.25) is 0 Å². The molecule has 5 nitrogen and oxygen atoms in total. The highest BCUT2D eigenvalue weighted by molar-refractivity contribution is 5.90. The van der Waals surface area contributed by atoms with Gasteiger partial charge in [-0.2, -0.15) is 0 Å². The summed E-state index contributed by atoms with van der Waals surface area (Å²) in [4.78, 5) is 12.0. The number of amides is 2. The number of urea groups is 1. The van der Waals surface area contributed by atoms with Crippen LogP contribution in [0.5, 0.6) is 0 Å². The topological polar surface area (TPSA) is 67.2 Å². The molecule has 0 aliphatic rings. The van der Waals surface area contributed by atoms with Crippen LogP contribution >= 0.6 is 0 Å². The lowest BCUT2D eigenvalue weighted by atomic mass is 10.1. The highest BCUT2D eigenvalue weighted by Gasteiger charge is 2.09. The van der Waals surface area contributed by atoms with E-state index in [0.29, 0.717) is 6.54 Å². The van der Waals surface area contributed by atoms with E-state index in [4.69, 9.17) is 4.52 Å². The van der Waals surface area contributed by atoms with Gasteiger partial charge in [-0.3, -0.25) is 0 Å². The number of carbonyl (C=O) groups excluding carboxylic acids is 1. The molecule has 0 radical (unpaired) electrons. The maximum atomic E-state index is 12.0. The maximum Gasteiger partial charge on any atom is 0.319 e. The van der Waals surface area contributed by atoms with Gasteiger partial charge in [-0.1, -0.05) is 42.4 Å². The lowest BCUT2D eigenvalue weighted by Crippen LogP contribution is -2.28. The molecule has 0 fully saturated rings. The van der Waals surface area contributed by atoms with Crippen LogP contribution < -0.4 is 10.6 Å². The molecule has 2 amide bonds. The number of hydrogen-bond donors (Lipinski definition) is 2. The molecule has 0 aliphatic heterocycles. The van der Waals surface area contributed by atoms with Crippen molar-refractivity contribution in [2.45, 2.75) is 19.9 Å². The van der Waals surface area contributed by atoms with Gasteiger partial charge in [0.25, 0.3) is 0 Å². The van der Waals surface area contributed by atoms with Crippen LogP contribution in [0.2, 0.25) is 0 Å². The fraction of sp³-hybridized carbons (Fsp3) is 0.176. The van der Waals surface area contributed by atoms with Gasteiger partial charge >= 0.3 is 6.03 Å². The Morgan fingerprint density at radius 3 is 2.77 bits per heavy atom. The summed E-state index contributed by atoms with van der Waals surface area (Å²) in [5.74, 6) is 0. The number of aryl methyl sites for hydroxylation is 1. The van der Waals surface area contributed by atoms with Crippen molar-refractivity contribution in [1.82, 2.24) is 10.5 Å². The molecule has 0 atom stereocenters. The third-order valence-electron chi connectivity index (χ3n) is 3.52. The smallest absolute Gasteiger partial charge is 0.319 e. The Balaban J connectivity index is 1.65. The molecule has 1 aromatic heterocycles. The number of hydrogen-bond acceptors (Lipinski definition) is 3. The highest BCUT2D eigenvalue weighted by Crippen LogP contribution is 2.18. The summed E-state index contributed by atoms with van der Waals surface area (Å²) in [5.41, 5.74) is 3.36. The van der Waals surface area contributed by atoms with Crippen LogP contribution in [0.15, 0.2) is 53.1 Å². The van der Waals surface area contributed by atoms with Crippen LogP contribution in [0.3, 0.4) is 0 Å². The molecule has 2 aromatic carbocycles. The van der Waals surface area contributed by atoms with Crippen molar-refractivity contribution in [3.05, 3.63) is 59.8 Å². The first kappa shape index (κ1) is 14.1. The minimum Gasteiger partial charge on any atom is -0.356 e. The van der Waals surface area contributed by atoms with Gasteiger partial charge in [0.05, 0.1) is 6.54 Å². The van der Waals surface area contributed by atoms with Crippen molar-refractivity contribution < 1.29 is 9.32 Å². The number of aromatic nitrogens is 1. The molecule has 0 unspecified atom stereocenters. The van der Waals surface area contributed by atoms with E-state index in [0.717, 1.165) is 34.3 Å². The molecule has 112 valence electrons. The molecule has 0 saturated heterocycles. The van der Waals surface area contributed by atoms with Crippen molar-refractivity contribution in [1.29, 1.82) is 0 Å². The highest BCUT2D eigenvalue weighted by atomic mass is 16.5. The van der Waals surface area contributed by atoms with Crippen molar-refractivity contribution >= 4 is 22.7 Å². The monoisotopic (exact) mass is 295 g/mol. The quantitative estimate of drug-likeness (QED) is 0.771. The van der Waals surface area contributed by atoms with Crippen LogP contribution in [0.1, 0.15) is 18.2 Å². The van der Waals surface area contributed by atoms with Crippen molar-refractivity contribution in [2.24, 2.45) is 0 Å². The van der Waals surface area contributed by atoms with Gasteiger partial charge in [-0.25, -0.2) is 4.79 Å². The number of nitrogens with one attached hydrogen (secondary N) is 2. The molecule has 5 heteroatoms. The van der Waals surface area contributed by atoms with E-state index in [2.05, 4.69) is 22.7 Å². The van der Waals surface area contributed by atoms with Crippen LogP contribution in [0.4, 0.5) is 10.5 Å². The Hall–Kier alpha value is -2.82. The predicted molar refractivity (Wildman–Crippen MR) is 85.7 cm³/mol. The molecule has 3 rings (SSSR count). The fourth-order valence-corrected chi connectivity index (χ4v) is 2.35. The van der Waals surface area contributed by atoms with Crippen LogP contribution in [0.25, 0.3) is 11.0 Å². The van der Waals surface area contributed by atoms with E-state index < -0.39 is 0 Å². The van der Waals surface area contributed by atoms with Crippen molar-refractivity contribution in [3.8, 4) is 0 Å². The van der Waals surface area contributed by atoms with E-state index >= 15 is 0 Å². The van der Waals surface area contributed by atoms with Gasteiger partial charge in [0.15, 0.2) is 5.58 Å². The molecule has 3 aromatic rings. The van der Waals surface area contributed by atoms with Crippen molar-refractivity contribution in [2.75, 3.05) is 5.32 Å². The SMILES string of the molecule is CCc1ccccc1NC(=O)NCc1noc2ccccc12. The van der Waals surface area contributed by atoms with Gasteiger partial charge in [0.1, 0.15) is 5.69 Å². The summed E-state index contributed by atoms with van der Waals surface area (Å²) in [6, 6.07) is 15.1. The average Bonchev–Trinajstić information content (AvgIpc) is 2.97. The third-order valence-corrected chi connectivity index (χ3v) is 3.52. The number of para-hydroxylation sites is 2. The summed E-state index contributed by atoms with van der Waals surface area (Å²) < 4.78 is 5.21. The number of nitrogens with zero attached hydrogens (tertiary/aromatic N) is 1. The molecular formula is C17H17N3O2. The van der Waals surface area contributed by atoms with Gasteiger partial charge in [-0.15, -0.1) is 0 Å². The lowest BCUT2D eigenvalue weighted by Gasteiger charge is -2.10. The molecular weight excluding hydrogens is 278 g/mol. The Bertz CT molecular complexity index is 795. The van der Waals surface area contributed by atoms with E-state index in [1.807, 2.05) is 48.5 Å². The molecule has 22 heavy (non-hydrogen) atoms. The Morgan fingerprint density at radius 2 is 1.91 bits per heavy atom. The molecule has 2 N–H and O–H groups in total. The molecule has 0 aliphatic carbocycles. The Labute approximate surface area is 128 Å². The third kappa shape index (κ3) is 2.93. The molecule has 0 bridgehead atoms. The van der Waals surface area contributed by atoms with Crippen LogP contribution in [-0.2, 0) is 13.0 Å². The second-order valence-corrected chi connectivity index (χ2v) is 4.94. The normalized spacial score (nSPS) is 10.6. The maximum absolute atomic E-state index is 12.0. The van der Waals surface area contributed by atoms with E-state index in [1.165, 1.54) is 0 Å². The zero-order chi connectivity index (χ0) is 15.4. The molecule has 1 heterocycles.